The zero-order valence-electron chi connectivity index (χ0n) is 10.4. The van der Waals surface area contributed by atoms with Gasteiger partial charge in [0, 0.05) is 6.54 Å². The summed E-state index contributed by atoms with van der Waals surface area (Å²) in [6.07, 6.45) is 10.5. The van der Waals surface area contributed by atoms with Crippen molar-refractivity contribution >= 4 is 17.5 Å². The average Bonchev–Trinajstić information content (AvgIpc) is 2.40. The van der Waals surface area contributed by atoms with E-state index in [1.807, 2.05) is 0 Å². The summed E-state index contributed by atoms with van der Waals surface area (Å²) < 4.78 is 0. The number of aromatic nitrogens is 2. The molecule has 1 aliphatic carbocycles. The topological polar surface area (TPSA) is 54.9 Å². The number of carbonyl (C=O) groups excluding carboxylic acids is 1. The minimum atomic E-state index is -0.171. The van der Waals surface area contributed by atoms with Crippen molar-refractivity contribution in [3.05, 3.63) is 23.2 Å². The van der Waals surface area contributed by atoms with Gasteiger partial charge in [-0.1, -0.05) is 43.7 Å². The molecule has 1 saturated carbocycles. The van der Waals surface area contributed by atoms with Gasteiger partial charge in [0.15, 0.2) is 0 Å². The van der Waals surface area contributed by atoms with E-state index in [9.17, 15) is 4.79 Å². The molecule has 2 rings (SSSR count). The molecule has 1 fully saturated rings. The van der Waals surface area contributed by atoms with Gasteiger partial charge in [-0.2, -0.15) is 0 Å². The molecular weight excluding hydrogens is 250 g/mol. The lowest BCUT2D eigenvalue weighted by molar-refractivity contribution is 0.0945. The molecule has 1 amide bonds. The van der Waals surface area contributed by atoms with Crippen molar-refractivity contribution in [1.29, 1.82) is 0 Å². The molecular formula is C13H18ClN3O. The highest BCUT2D eigenvalue weighted by atomic mass is 35.5. The molecule has 0 aromatic carbocycles. The van der Waals surface area contributed by atoms with E-state index in [-0.39, 0.29) is 5.91 Å². The average molecular weight is 268 g/mol. The number of rotatable bonds is 4. The Kier molecular flexibility index (Phi) is 4.93. The minimum absolute atomic E-state index is 0.171. The zero-order chi connectivity index (χ0) is 12.8. The third-order valence-electron chi connectivity index (χ3n) is 3.42. The molecule has 0 radical (unpaired) electrons. The Morgan fingerprint density at radius 3 is 2.72 bits per heavy atom. The van der Waals surface area contributed by atoms with Crippen molar-refractivity contribution in [3.63, 3.8) is 0 Å². The van der Waals surface area contributed by atoms with Gasteiger partial charge in [0.2, 0.25) is 0 Å². The molecule has 4 nitrogen and oxygen atoms in total. The number of carbonyl (C=O) groups is 1. The highest BCUT2D eigenvalue weighted by Gasteiger charge is 2.14. The summed E-state index contributed by atoms with van der Waals surface area (Å²) in [5.74, 6) is 0.602. The quantitative estimate of drug-likeness (QED) is 0.913. The van der Waals surface area contributed by atoms with E-state index in [1.54, 1.807) is 0 Å². The Balaban J connectivity index is 1.72. The van der Waals surface area contributed by atoms with Crippen molar-refractivity contribution < 1.29 is 4.79 Å². The smallest absolute Gasteiger partial charge is 0.271 e. The van der Waals surface area contributed by atoms with Crippen molar-refractivity contribution in [2.24, 2.45) is 5.92 Å². The van der Waals surface area contributed by atoms with Crippen molar-refractivity contribution in [1.82, 2.24) is 15.3 Å². The second kappa shape index (κ2) is 6.69. The molecule has 0 bridgehead atoms. The highest BCUT2D eigenvalue weighted by Crippen LogP contribution is 2.25. The predicted octanol–water partition coefficient (Wildman–Crippen LogP) is 2.83. The molecule has 0 unspecified atom stereocenters. The summed E-state index contributed by atoms with van der Waals surface area (Å²) in [4.78, 5) is 19.5. The van der Waals surface area contributed by atoms with E-state index >= 15 is 0 Å². The summed E-state index contributed by atoms with van der Waals surface area (Å²) in [7, 11) is 0. The molecule has 5 heteroatoms. The Labute approximate surface area is 112 Å². The van der Waals surface area contributed by atoms with Crippen LogP contribution in [-0.4, -0.2) is 22.4 Å². The fraction of sp³-hybridized carbons (Fsp3) is 0.615. The second-order valence-electron chi connectivity index (χ2n) is 4.77. The number of hydrogen-bond donors (Lipinski definition) is 1. The van der Waals surface area contributed by atoms with Crippen LogP contribution in [-0.2, 0) is 0 Å². The van der Waals surface area contributed by atoms with Crippen LogP contribution in [0.2, 0.25) is 5.15 Å². The van der Waals surface area contributed by atoms with Gasteiger partial charge >= 0.3 is 0 Å². The molecule has 0 atom stereocenters. The fourth-order valence-corrected chi connectivity index (χ4v) is 2.48. The molecule has 1 heterocycles. The maximum atomic E-state index is 11.7. The first-order chi connectivity index (χ1) is 8.75. The van der Waals surface area contributed by atoms with Crippen LogP contribution >= 0.6 is 11.6 Å². The Morgan fingerprint density at radius 1 is 1.28 bits per heavy atom. The lowest BCUT2D eigenvalue weighted by Crippen LogP contribution is -2.27. The molecule has 0 aliphatic heterocycles. The van der Waals surface area contributed by atoms with E-state index in [2.05, 4.69) is 15.3 Å². The van der Waals surface area contributed by atoms with Gasteiger partial charge in [-0.25, -0.2) is 9.97 Å². The molecule has 1 N–H and O–H groups in total. The summed E-state index contributed by atoms with van der Waals surface area (Å²) >= 11 is 5.62. The predicted molar refractivity (Wildman–Crippen MR) is 70.6 cm³/mol. The summed E-state index contributed by atoms with van der Waals surface area (Å²) in [6.45, 7) is 0.716. The number of hydrogen-bond acceptors (Lipinski definition) is 3. The van der Waals surface area contributed by atoms with Crippen LogP contribution in [0.1, 0.15) is 49.0 Å². The van der Waals surface area contributed by atoms with E-state index in [0.717, 1.165) is 12.3 Å². The Morgan fingerprint density at radius 2 is 2.06 bits per heavy atom. The van der Waals surface area contributed by atoms with Crippen LogP contribution in [0.4, 0.5) is 0 Å². The Hall–Kier alpha value is -1.16. The van der Waals surface area contributed by atoms with Gasteiger partial charge < -0.3 is 5.32 Å². The summed E-state index contributed by atoms with van der Waals surface area (Å²) in [6, 6.07) is 0. The highest BCUT2D eigenvalue weighted by molar-refractivity contribution is 6.29. The third kappa shape index (κ3) is 3.95. The van der Waals surface area contributed by atoms with Crippen molar-refractivity contribution in [3.8, 4) is 0 Å². The van der Waals surface area contributed by atoms with Gasteiger partial charge in [-0.15, -0.1) is 0 Å². The van der Waals surface area contributed by atoms with E-state index in [1.165, 1.54) is 44.5 Å². The number of nitrogens with one attached hydrogen (secondary N) is 1. The monoisotopic (exact) mass is 267 g/mol. The Bertz CT molecular complexity index is 388. The molecule has 0 spiro atoms. The number of amides is 1. The largest absolute Gasteiger partial charge is 0.351 e. The first-order valence-electron chi connectivity index (χ1n) is 6.51. The molecule has 98 valence electrons. The zero-order valence-corrected chi connectivity index (χ0v) is 11.1. The summed E-state index contributed by atoms with van der Waals surface area (Å²) in [5, 5.41) is 3.18. The maximum absolute atomic E-state index is 11.7. The third-order valence-corrected chi connectivity index (χ3v) is 3.61. The van der Waals surface area contributed by atoms with Crippen molar-refractivity contribution in [2.45, 2.75) is 38.5 Å². The van der Waals surface area contributed by atoms with Crippen LogP contribution in [0.5, 0.6) is 0 Å². The number of halogens is 1. The van der Waals surface area contributed by atoms with Crippen molar-refractivity contribution in [2.75, 3.05) is 6.54 Å². The molecule has 1 aliphatic rings. The van der Waals surface area contributed by atoms with E-state index < -0.39 is 0 Å². The molecule has 1 aromatic rings. The van der Waals surface area contributed by atoms with Crippen LogP contribution < -0.4 is 5.32 Å². The molecule has 18 heavy (non-hydrogen) atoms. The van der Waals surface area contributed by atoms with Gasteiger partial charge in [0.25, 0.3) is 5.91 Å². The first kappa shape index (κ1) is 13.3. The van der Waals surface area contributed by atoms with Crippen LogP contribution in [0.15, 0.2) is 12.4 Å². The SMILES string of the molecule is O=C(NCCC1CCCCC1)c1cnc(Cl)cn1. The fourth-order valence-electron chi connectivity index (χ4n) is 2.39. The van der Waals surface area contributed by atoms with Gasteiger partial charge in [0.05, 0.1) is 12.4 Å². The second-order valence-corrected chi connectivity index (χ2v) is 5.16. The van der Waals surface area contributed by atoms with Crippen LogP contribution in [0, 0.1) is 5.92 Å². The molecule has 1 aromatic heterocycles. The first-order valence-corrected chi connectivity index (χ1v) is 6.89. The van der Waals surface area contributed by atoms with Gasteiger partial charge in [0.1, 0.15) is 10.8 Å². The lowest BCUT2D eigenvalue weighted by Gasteiger charge is -2.21. The number of nitrogens with zero attached hydrogens (tertiary/aromatic N) is 2. The summed E-state index contributed by atoms with van der Waals surface area (Å²) in [5.41, 5.74) is 0.322. The van der Waals surface area contributed by atoms with Crippen LogP contribution in [0.3, 0.4) is 0 Å². The van der Waals surface area contributed by atoms with E-state index in [0.29, 0.717) is 17.4 Å². The minimum Gasteiger partial charge on any atom is -0.351 e. The van der Waals surface area contributed by atoms with E-state index in [4.69, 9.17) is 11.6 Å². The van der Waals surface area contributed by atoms with Gasteiger partial charge in [-0.05, 0) is 12.3 Å². The normalized spacial score (nSPS) is 16.5. The maximum Gasteiger partial charge on any atom is 0.271 e. The molecule has 0 saturated heterocycles. The standard InChI is InChI=1S/C13H18ClN3O/c14-12-9-16-11(8-17-12)13(18)15-7-6-10-4-2-1-3-5-10/h8-10H,1-7H2,(H,15,18). The lowest BCUT2D eigenvalue weighted by atomic mass is 9.87. The van der Waals surface area contributed by atoms with Gasteiger partial charge in [-0.3, -0.25) is 4.79 Å². The van der Waals surface area contributed by atoms with Crippen LogP contribution in [0.25, 0.3) is 0 Å².